The van der Waals surface area contributed by atoms with Gasteiger partial charge >= 0.3 is 0 Å². The van der Waals surface area contributed by atoms with E-state index in [1.54, 1.807) is 12.1 Å². The van der Waals surface area contributed by atoms with Crippen LogP contribution in [0.5, 0.6) is 0 Å². The van der Waals surface area contributed by atoms with Crippen molar-refractivity contribution in [3.63, 3.8) is 0 Å². The number of benzene rings is 1. The van der Waals surface area contributed by atoms with Gasteiger partial charge in [-0.05, 0) is 25.5 Å². The molecule has 0 aliphatic carbocycles. The van der Waals surface area contributed by atoms with E-state index in [4.69, 9.17) is 0 Å². The Morgan fingerprint density at radius 1 is 0.880 bits per heavy atom. The summed E-state index contributed by atoms with van der Waals surface area (Å²) in [5, 5.41) is 0. The van der Waals surface area contributed by atoms with Crippen molar-refractivity contribution in [2.75, 3.05) is 0 Å². The van der Waals surface area contributed by atoms with Gasteiger partial charge in [0.15, 0.2) is 12.4 Å². The Labute approximate surface area is 152 Å². The molecule has 1 aromatic heterocycles. The topological polar surface area (TPSA) is 61.1 Å². The molecule has 0 spiro atoms. The summed E-state index contributed by atoms with van der Waals surface area (Å²) >= 11 is 0. The highest BCUT2D eigenvalue weighted by molar-refractivity contribution is 7.85. The molecule has 0 radical (unpaired) electrons. The van der Waals surface area contributed by atoms with Crippen LogP contribution < -0.4 is 4.57 Å². The largest absolute Gasteiger partial charge is 0.744 e. The van der Waals surface area contributed by atoms with E-state index < -0.39 is 10.1 Å². The minimum atomic E-state index is -4.27. The van der Waals surface area contributed by atoms with Crippen LogP contribution in [-0.4, -0.2) is 13.0 Å². The van der Waals surface area contributed by atoms with Crippen LogP contribution in [-0.2, 0) is 16.7 Å². The Morgan fingerprint density at radius 2 is 1.44 bits per heavy atom. The van der Waals surface area contributed by atoms with E-state index >= 15 is 0 Å². The number of rotatable bonds is 8. The van der Waals surface area contributed by atoms with Crippen molar-refractivity contribution in [3.8, 4) is 0 Å². The van der Waals surface area contributed by atoms with E-state index in [9.17, 15) is 13.0 Å². The Balaban J connectivity index is 0.000000257. The minimum Gasteiger partial charge on any atom is -0.744 e. The summed E-state index contributed by atoms with van der Waals surface area (Å²) in [5.41, 5.74) is 0.928. The molecule has 0 atom stereocenters. The molecule has 0 N–H and O–H groups in total. The minimum absolute atomic E-state index is 0.178. The summed E-state index contributed by atoms with van der Waals surface area (Å²) in [6.45, 7) is 5.26. The molecular weight excluding hydrogens is 334 g/mol. The van der Waals surface area contributed by atoms with E-state index in [2.05, 4.69) is 42.1 Å². The van der Waals surface area contributed by atoms with Gasteiger partial charge in [0.05, 0.1) is 4.90 Å². The lowest BCUT2D eigenvalue weighted by Crippen LogP contribution is -2.32. The summed E-state index contributed by atoms with van der Waals surface area (Å²) in [7, 11) is -4.27. The highest BCUT2D eigenvalue weighted by Gasteiger charge is 1.98. The summed E-state index contributed by atoms with van der Waals surface area (Å²) in [4.78, 5) is -0.178. The molecule has 0 unspecified atom stereocenters. The van der Waals surface area contributed by atoms with Crippen molar-refractivity contribution in [2.45, 2.75) is 63.8 Å². The monoisotopic (exact) mass is 363 g/mol. The fourth-order valence-electron chi connectivity index (χ4n) is 2.36. The average Bonchev–Trinajstić information content (AvgIpc) is 2.59. The molecule has 0 fully saturated rings. The molecule has 0 saturated carbocycles. The van der Waals surface area contributed by atoms with Crippen LogP contribution in [0.2, 0.25) is 0 Å². The number of hydrogen-bond acceptors (Lipinski definition) is 3. The lowest BCUT2D eigenvalue weighted by atomic mass is 10.1. The normalized spacial score (nSPS) is 10.8. The van der Waals surface area contributed by atoms with Crippen molar-refractivity contribution in [3.05, 3.63) is 60.4 Å². The van der Waals surface area contributed by atoms with Crippen molar-refractivity contribution < 1.29 is 17.5 Å². The average molecular weight is 364 g/mol. The van der Waals surface area contributed by atoms with E-state index in [1.807, 2.05) is 6.92 Å². The number of nitrogens with zero attached hydrogens (tertiary/aromatic N) is 1. The quantitative estimate of drug-likeness (QED) is 0.400. The second kappa shape index (κ2) is 11.8. The lowest BCUT2D eigenvalue weighted by molar-refractivity contribution is -0.697. The van der Waals surface area contributed by atoms with E-state index in [0.717, 1.165) is 5.56 Å². The Morgan fingerprint density at radius 3 is 2.00 bits per heavy atom. The van der Waals surface area contributed by atoms with Crippen LogP contribution in [0.25, 0.3) is 0 Å². The number of unbranched alkanes of at least 4 members (excludes halogenated alkanes) is 5. The SMILES string of the molecule is CCCCCCCC[n+]1ccccc1.Cc1ccc(S(=O)(=O)[O-])cc1. The van der Waals surface area contributed by atoms with Crippen molar-refractivity contribution in [1.29, 1.82) is 0 Å². The molecule has 0 bridgehead atoms. The maximum Gasteiger partial charge on any atom is 0.168 e. The van der Waals surface area contributed by atoms with Gasteiger partial charge in [-0.1, -0.05) is 56.4 Å². The predicted molar refractivity (Wildman–Crippen MR) is 99.2 cm³/mol. The van der Waals surface area contributed by atoms with Crippen molar-refractivity contribution >= 4 is 10.1 Å². The second-order valence-electron chi connectivity index (χ2n) is 6.15. The first kappa shape index (κ1) is 21.3. The Bertz CT molecular complexity index is 683. The number of aryl methyl sites for hydroxylation is 2. The zero-order valence-corrected chi connectivity index (χ0v) is 16.0. The zero-order chi connectivity index (χ0) is 18.5. The summed E-state index contributed by atoms with van der Waals surface area (Å²) in [5.74, 6) is 0. The molecule has 1 heterocycles. The first-order valence-corrected chi connectivity index (χ1v) is 10.3. The molecule has 1 aromatic carbocycles. The lowest BCUT2D eigenvalue weighted by Gasteiger charge is -2.05. The molecule has 0 aliphatic heterocycles. The van der Waals surface area contributed by atoms with Crippen LogP contribution in [0, 0.1) is 6.92 Å². The Kier molecular flexibility index (Phi) is 10.0. The van der Waals surface area contributed by atoms with Crippen LogP contribution in [0.15, 0.2) is 59.8 Å². The van der Waals surface area contributed by atoms with E-state index in [1.165, 1.54) is 57.2 Å². The highest BCUT2D eigenvalue weighted by Crippen LogP contribution is 2.08. The molecule has 2 aromatic rings. The number of pyridine rings is 1. The van der Waals surface area contributed by atoms with Gasteiger partial charge in [0, 0.05) is 18.6 Å². The third-order valence-electron chi connectivity index (χ3n) is 3.86. The number of aromatic nitrogens is 1. The Hall–Kier alpha value is -1.72. The van der Waals surface area contributed by atoms with E-state index in [-0.39, 0.29) is 4.90 Å². The van der Waals surface area contributed by atoms with Gasteiger partial charge in [0.25, 0.3) is 0 Å². The van der Waals surface area contributed by atoms with Gasteiger partial charge in [-0.25, -0.2) is 13.0 Å². The molecule has 5 heteroatoms. The van der Waals surface area contributed by atoms with Crippen molar-refractivity contribution in [2.24, 2.45) is 0 Å². The standard InChI is InChI=1S/C13H22N.C7H8O3S/c1-2-3-4-5-6-8-11-14-12-9-7-10-13-14;1-6-2-4-7(5-3-6)11(8,9)10/h7,9-10,12-13H,2-6,8,11H2,1H3;2-5H,1H3,(H,8,9,10)/q+1;/p-1. The van der Waals surface area contributed by atoms with Gasteiger partial charge in [0.2, 0.25) is 0 Å². The van der Waals surface area contributed by atoms with Crippen LogP contribution in [0.4, 0.5) is 0 Å². The molecule has 0 aliphatic rings. The molecule has 0 amide bonds. The highest BCUT2D eigenvalue weighted by atomic mass is 32.2. The van der Waals surface area contributed by atoms with Gasteiger partial charge < -0.3 is 4.55 Å². The van der Waals surface area contributed by atoms with Gasteiger partial charge in [-0.3, -0.25) is 0 Å². The van der Waals surface area contributed by atoms with Crippen molar-refractivity contribution in [1.82, 2.24) is 0 Å². The molecule has 0 saturated heterocycles. The van der Waals surface area contributed by atoms with Gasteiger partial charge in [0.1, 0.15) is 16.7 Å². The van der Waals surface area contributed by atoms with Crippen LogP contribution in [0.3, 0.4) is 0 Å². The first-order chi connectivity index (χ1) is 11.9. The maximum absolute atomic E-state index is 10.4. The summed E-state index contributed by atoms with van der Waals surface area (Å²) in [6, 6.07) is 12.0. The fourth-order valence-corrected chi connectivity index (χ4v) is 2.83. The second-order valence-corrected chi connectivity index (χ2v) is 7.53. The summed E-state index contributed by atoms with van der Waals surface area (Å²) < 4.78 is 33.4. The molecular formula is C20H29NO3S. The predicted octanol–water partition coefficient (Wildman–Crippen LogP) is 4.23. The smallest absolute Gasteiger partial charge is 0.168 e. The fraction of sp³-hybridized carbons (Fsp3) is 0.450. The molecule has 2 rings (SSSR count). The number of hydrogen-bond donors (Lipinski definition) is 0. The molecule has 138 valence electrons. The van der Waals surface area contributed by atoms with Gasteiger partial charge in [-0.15, -0.1) is 0 Å². The molecule has 25 heavy (non-hydrogen) atoms. The van der Waals surface area contributed by atoms with E-state index in [0.29, 0.717) is 0 Å². The van der Waals surface area contributed by atoms with Crippen LogP contribution >= 0.6 is 0 Å². The van der Waals surface area contributed by atoms with Gasteiger partial charge in [-0.2, -0.15) is 0 Å². The zero-order valence-electron chi connectivity index (χ0n) is 15.2. The maximum atomic E-state index is 10.4. The molecule has 4 nitrogen and oxygen atoms in total. The third-order valence-corrected chi connectivity index (χ3v) is 4.71. The first-order valence-electron chi connectivity index (χ1n) is 8.90. The third kappa shape index (κ3) is 9.99. The summed E-state index contributed by atoms with van der Waals surface area (Å²) in [6.07, 6.45) is 12.5. The van der Waals surface area contributed by atoms with Crippen LogP contribution in [0.1, 0.15) is 51.0 Å².